The molecule has 1 heterocycles. The number of methoxy groups -OCH3 is 3. The van der Waals surface area contributed by atoms with Gasteiger partial charge < -0.3 is 24.2 Å². The summed E-state index contributed by atoms with van der Waals surface area (Å²) in [6, 6.07) is 16.7. The van der Waals surface area contributed by atoms with Gasteiger partial charge >= 0.3 is 0 Å². The molecule has 1 amide bonds. The third-order valence-corrected chi connectivity index (χ3v) is 6.18. The van der Waals surface area contributed by atoms with Crippen LogP contribution in [-0.2, 0) is 16.0 Å². The SMILES string of the molecule is COc1ccc([C@H]2C(=C(O)c3ccc(F)cc3)C(=O)C(=O)N2CCc2ccc(OC)c(OC)c2)cc1. The van der Waals surface area contributed by atoms with E-state index in [1.165, 1.54) is 29.2 Å². The van der Waals surface area contributed by atoms with Crippen LogP contribution in [0.15, 0.2) is 72.3 Å². The lowest BCUT2D eigenvalue weighted by molar-refractivity contribution is -0.139. The molecule has 0 bridgehead atoms. The first-order valence-corrected chi connectivity index (χ1v) is 11.3. The Kier molecular flexibility index (Phi) is 7.24. The summed E-state index contributed by atoms with van der Waals surface area (Å²) in [5.74, 6) is -0.611. The molecular weight excluding hydrogens is 465 g/mol. The summed E-state index contributed by atoms with van der Waals surface area (Å²) in [5.41, 5.74) is 1.70. The number of aliphatic hydroxyl groups excluding tert-OH is 1. The number of amides is 1. The molecule has 1 aliphatic heterocycles. The molecule has 1 aliphatic rings. The minimum Gasteiger partial charge on any atom is -0.507 e. The largest absolute Gasteiger partial charge is 0.507 e. The van der Waals surface area contributed by atoms with E-state index in [9.17, 15) is 19.1 Å². The lowest BCUT2D eigenvalue weighted by Crippen LogP contribution is -2.31. The zero-order chi connectivity index (χ0) is 25.8. The van der Waals surface area contributed by atoms with Crippen LogP contribution in [0.3, 0.4) is 0 Å². The van der Waals surface area contributed by atoms with Crippen molar-refractivity contribution >= 4 is 17.4 Å². The van der Waals surface area contributed by atoms with Crippen LogP contribution in [-0.4, -0.2) is 49.6 Å². The standard InChI is InChI=1S/C28H26FNO6/c1-34-21-11-7-18(8-12-21)25-24(26(31)19-5-9-20(29)10-6-19)27(32)28(33)30(25)15-14-17-4-13-22(35-2)23(16-17)36-3/h4-13,16,25,31H,14-15H2,1-3H3/t25-/m0/s1. The molecule has 4 rings (SSSR count). The van der Waals surface area contributed by atoms with Crippen LogP contribution in [0.4, 0.5) is 4.39 Å². The first-order chi connectivity index (χ1) is 17.4. The molecule has 0 unspecified atom stereocenters. The van der Waals surface area contributed by atoms with Gasteiger partial charge in [-0.1, -0.05) is 18.2 Å². The van der Waals surface area contributed by atoms with Gasteiger partial charge in [-0.15, -0.1) is 0 Å². The molecule has 7 nitrogen and oxygen atoms in total. The molecule has 36 heavy (non-hydrogen) atoms. The highest BCUT2D eigenvalue weighted by Crippen LogP contribution is 2.40. The third-order valence-electron chi connectivity index (χ3n) is 6.18. The first kappa shape index (κ1) is 24.8. The van der Waals surface area contributed by atoms with Crippen LogP contribution in [0.2, 0.25) is 0 Å². The summed E-state index contributed by atoms with van der Waals surface area (Å²) < 4.78 is 29.3. The number of ether oxygens (including phenoxy) is 3. The molecule has 1 N–H and O–H groups in total. The van der Waals surface area contributed by atoms with Crippen LogP contribution < -0.4 is 14.2 Å². The molecule has 0 radical (unpaired) electrons. The Labute approximate surface area is 208 Å². The van der Waals surface area contributed by atoms with E-state index >= 15 is 0 Å². The summed E-state index contributed by atoms with van der Waals surface area (Å²) in [7, 11) is 4.63. The van der Waals surface area contributed by atoms with E-state index in [0.29, 0.717) is 29.2 Å². The number of hydrogen-bond acceptors (Lipinski definition) is 6. The highest BCUT2D eigenvalue weighted by Gasteiger charge is 2.45. The molecule has 1 atom stereocenters. The van der Waals surface area contributed by atoms with E-state index in [-0.39, 0.29) is 23.4 Å². The second-order valence-corrected chi connectivity index (χ2v) is 8.21. The zero-order valence-corrected chi connectivity index (χ0v) is 20.2. The maximum absolute atomic E-state index is 13.4. The highest BCUT2D eigenvalue weighted by atomic mass is 19.1. The Morgan fingerprint density at radius 1 is 0.889 bits per heavy atom. The topological polar surface area (TPSA) is 85.3 Å². The van der Waals surface area contributed by atoms with Crippen molar-refractivity contribution in [2.75, 3.05) is 27.9 Å². The Morgan fingerprint density at radius 2 is 1.56 bits per heavy atom. The van der Waals surface area contributed by atoms with Crippen molar-refractivity contribution in [3.63, 3.8) is 0 Å². The number of halogens is 1. The molecule has 0 aliphatic carbocycles. The maximum Gasteiger partial charge on any atom is 0.295 e. The average Bonchev–Trinajstić information content (AvgIpc) is 3.16. The van der Waals surface area contributed by atoms with E-state index in [1.807, 2.05) is 12.1 Å². The average molecular weight is 492 g/mol. The molecule has 3 aromatic carbocycles. The number of benzene rings is 3. The maximum atomic E-state index is 13.4. The van der Waals surface area contributed by atoms with Gasteiger partial charge in [0.1, 0.15) is 17.3 Å². The van der Waals surface area contributed by atoms with Crippen LogP contribution in [0.25, 0.3) is 5.76 Å². The minimum absolute atomic E-state index is 0.0518. The van der Waals surface area contributed by atoms with Crippen molar-refractivity contribution in [2.24, 2.45) is 0 Å². The smallest absolute Gasteiger partial charge is 0.295 e. The van der Waals surface area contributed by atoms with Crippen LogP contribution >= 0.6 is 0 Å². The molecule has 186 valence electrons. The second kappa shape index (κ2) is 10.5. The molecule has 8 heteroatoms. The molecule has 0 aromatic heterocycles. The number of ketones is 1. The van der Waals surface area contributed by atoms with E-state index in [4.69, 9.17) is 14.2 Å². The lowest BCUT2D eigenvalue weighted by atomic mass is 9.95. The Bertz CT molecular complexity index is 1300. The van der Waals surface area contributed by atoms with E-state index in [2.05, 4.69) is 0 Å². The Hall–Kier alpha value is -4.33. The van der Waals surface area contributed by atoms with Gasteiger partial charge in [-0.2, -0.15) is 0 Å². The van der Waals surface area contributed by atoms with Gasteiger partial charge in [0.25, 0.3) is 11.7 Å². The highest BCUT2D eigenvalue weighted by molar-refractivity contribution is 6.46. The number of likely N-dealkylation sites (tertiary alicyclic amines) is 1. The van der Waals surface area contributed by atoms with Crippen LogP contribution in [0.1, 0.15) is 22.7 Å². The molecule has 0 saturated carbocycles. The monoisotopic (exact) mass is 491 g/mol. The molecule has 0 spiro atoms. The van der Waals surface area contributed by atoms with Crippen molar-refractivity contribution < 1.29 is 33.3 Å². The molecule has 3 aromatic rings. The Morgan fingerprint density at radius 3 is 2.17 bits per heavy atom. The fourth-order valence-electron chi connectivity index (χ4n) is 4.29. The molecule has 1 fully saturated rings. The van der Waals surface area contributed by atoms with Gasteiger partial charge in [0.2, 0.25) is 0 Å². The van der Waals surface area contributed by atoms with Gasteiger partial charge in [-0.25, -0.2) is 4.39 Å². The summed E-state index contributed by atoms with van der Waals surface area (Å²) in [4.78, 5) is 27.8. The Balaban J connectivity index is 1.74. The summed E-state index contributed by atoms with van der Waals surface area (Å²) in [6.07, 6.45) is 0.427. The lowest BCUT2D eigenvalue weighted by Gasteiger charge is -2.25. The predicted molar refractivity (Wildman–Crippen MR) is 132 cm³/mol. The summed E-state index contributed by atoms with van der Waals surface area (Å²) in [6.45, 7) is 0.205. The van der Waals surface area contributed by atoms with Gasteiger partial charge in [0, 0.05) is 12.1 Å². The third kappa shape index (κ3) is 4.75. The van der Waals surface area contributed by atoms with Crippen molar-refractivity contribution in [2.45, 2.75) is 12.5 Å². The second-order valence-electron chi connectivity index (χ2n) is 8.21. The summed E-state index contributed by atoms with van der Waals surface area (Å²) in [5, 5.41) is 11.1. The number of nitrogens with zero attached hydrogens (tertiary/aromatic N) is 1. The van der Waals surface area contributed by atoms with Gasteiger partial charge in [-0.3, -0.25) is 9.59 Å². The van der Waals surface area contributed by atoms with E-state index in [1.54, 1.807) is 51.7 Å². The van der Waals surface area contributed by atoms with E-state index in [0.717, 1.165) is 5.56 Å². The van der Waals surface area contributed by atoms with Gasteiger partial charge in [0.15, 0.2) is 11.5 Å². The van der Waals surface area contributed by atoms with Gasteiger partial charge in [-0.05, 0) is 66.1 Å². The number of carbonyl (C=O) groups is 2. The van der Waals surface area contributed by atoms with Crippen LogP contribution in [0.5, 0.6) is 17.2 Å². The fourth-order valence-corrected chi connectivity index (χ4v) is 4.29. The number of rotatable bonds is 8. The van der Waals surface area contributed by atoms with Crippen molar-refractivity contribution in [3.8, 4) is 17.2 Å². The van der Waals surface area contributed by atoms with Crippen molar-refractivity contribution in [3.05, 3.63) is 94.8 Å². The van der Waals surface area contributed by atoms with Gasteiger partial charge in [0.05, 0.1) is 32.9 Å². The van der Waals surface area contributed by atoms with Crippen LogP contribution in [0, 0.1) is 5.82 Å². The zero-order valence-electron chi connectivity index (χ0n) is 20.2. The molecular formula is C28H26FNO6. The molecule has 1 saturated heterocycles. The number of Topliss-reactive ketones (excluding diaryl/α,β-unsaturated/α-hetero) is 1. The van der Waals surface area contributed by atoms with Crippen molar-refractivity contribution in [1.29, 1.82) is 0 Å². The number of hydrogen-bond donors (Lipinski definition) is 1. The fraction of sp³-hybridized carbons (Fsp3) is 0.214. The predicted octanol–water partition coefficient (Wildman–Crippen LogP) is 4.52. The first-order valence-electron chi connectivity index (χ1n) is 11.3. The van der Waals surface area contributed by atoms with E-state index < -0.39 is 23.5 Å². The number of aliphatic hydroxyl groups is 1. The van der Waals surface area contributed by atoms with Crippen molar-refractivity contribution in [1.82, 2.24) is 4.90 Å². The number of carbonyl (C=O) groups excluding carboxylic acids is 2. The summed E-state index contributed by atoms with van der Waals surface area (Å²) >= 11 is 0. The minimum atomic E-state index is -0.832. The normalized spacial score (nSPS) is 16.8. The quantitative estimate of drug-likeness (QED) is 0.283.